The van der Waals surface area contributed by atoms with Gasteiger partial charge >= 0.3 is 6.03 Å². The van der Waals surface area contributed by atoms with E-state index >= 15 is 0 Å². The molecular weight excluding hydrogens is 236 g/mol. The summed E-state index contributed by atoms with van der Waals surface area (Å²) >= 11 is 5.84. The quantitative estimate of drug-likeness (QED) is 0.849. The number of carbonyl (C=O) groups is 1. The third-order valence-corrected chi connectivity index (χ3v) is 2.24. The molecule has 0 saturated heterocycles. The lowest BCUT2D eigenvalue weighted by molar-refractivity contribution is 0.243. The van der Waals surface area contributed by atoms with Gasteiger partial charge in [0.25, 0.3) is 0 Å². The van der Waals surface area contributed by atoms with Crippen molar-refractivity contribution in [1.82, 2.24) is 10.6 Å². The van der Waals surface area contributed by atoms with Crippen LogP contribution in [0.25, 0.3) is 6.08 Å². The Hall–Kier alpha value is -1.48. The highest BCUT2D eigenvalue weighted by atomic mass is 35.5. The van der Waals surface area contributed by atoms with E-state index in [0.29, 0.717) is 17.5 Å². The Morgan fingerprint density at radius 2 is 2.24 bits per heavy atom. The molecule has 0 radical (unpaired) electrons. The molecular formula is C13H17ClN2O. The Bertz CT molecular complexity index is 402. The Morgan fingerprint density at radius 1 is 1.47 bits per heavy atom. The number of benzene rings is 1. The Labute approximate surface area is 107 Å². The van der Waals surface area contributed by atoms with Gasteiger partial charge in [0, 0.05) is 17.8 Å². The Morgan fingerprint density at radius 3 is 2.88 bits per heavy atom. The van der Waals surface area contributed by atoms with Gasteiger partial charge in [-0.1, -0.05) is 37.6 Å². The normalized spacial score (nSPS) is 10.8. The minimum atomic E-state index is -0.197. The monoisotopic (exact) mass is 252 g/mol. The van der Waals surface area contributed by atoms with Gasteiger partial charge in [-0.3, -0.25) is 0 Å². The second-order valence-corrected chi connectivity index (χ2v) is 4.57. The lowest BCUT2D eigenvalue weighted by atomic mass is 10.2. The zero-order valence-corrected chi connectivity index (χ0v) is 10.8. The fourth-order valence-corrected chi connectivity index (χ4v) is 1.37. The van der Waals surface area contributed by atoms with E-state index in [9.17, 15) is 4.79 Å². The van der Waals surface area contributed by atoms with Crippen LogP contribution in [0.2, 0.25) is 5.02 Å². The second-order valence-electron chi connectivity index (χ2n) is 4.14. The first-order chi connectivity index (χ1) is 8.08. The van der Waals surface area contributed by atoms with Crippen molar-refractivity contribution in [1.29, 1.82) is 0 Å². The van der Waals surface area contributed by atoms with Crippen molar-refractivity contribution < 1.29 is 4.79 Å². The van der Waals surface area contributed by atoms with Crippen molar-refractivity contribution in [3.63, 3.8) is 0 Å². The van der Waals surface area contributed by atoms with Crippen LogP contribution in [0, 0.1) is 5.92 Å². The second kappa shape index (κ2) is 6.97. The topological polar surface area (TPSA) is 41.1 Å². The van der Waals surface area contributed by atoms with Crippen molar-refractivity contribution in [3.05, 3.63) is 41.1 Å². The number of urea groups is 1. The largest absolute Gasteiger partial charge is 0.338 e. The van der Waals surface area contributed by atoms with E-state index in [4.69, 9.17) is 11.6 Å². The first kappa shape index (κ1) is 13.6. The standard InChI is InChI=1S/C13H17ClN2O/c1-10(2)9-16-13(17)15-7-6-11-4-3-5-12(14)8-11/h3-8,10H,9H2,1-2H3,(H2,15,16,17)/b7-6+. The van der Waals surface area contributed by atoms with Crippen LogP contribution in [0.15, 0.2) is 30.5 Å². The summed E-state index contributed by atoms with van der Waals surface area (Å²) in [7, 11) is 0. The Kier molecular flexibility index (Phi) is 5.57. The predicted octanol–water partition coefficient (Wildman–Crippen LogP) is 3.27. The highest BCUT2D eigenvalue weighted by molar-refractivity contribution is 6.30. The molecule has 17 heavy (non-hydrogen) atoms. The molecule has 4 heteroatoms. The third-order valence-electron chi connectivity index (χ3n) is 2.01. The average molecular weight is 253 g/mol. The van der Waals surface area contributed by atoms with E-state index in [-0.39, 0.29) is 6.03 Å². The number of nitrogens with one attached hydrogen (secondary N) is 2. The third kappa shape index (κ3) is 5.97. The summed E-state index contributed by atoms with van der Waals surface area (Å²) in [4.78, 5) is 11.3. The summed E-state index contributed by atoms with van der Waals surface area (Å²) < 4.78 is 0. The van der Waals surface area contributed by atoms with Crippen LogP contribution >= 0.6 is 11.6 Å². The molecule has 0 atom stereocenters. The van der Waals surface area contributed by atoms with Crippen molar-refractivity contribution in [2.45, 2.75) is 13.8 Å². The number of hydrogen-bond donors (Lipinski definition) is 2. The van der Waals surface area contributed by atoms with Crippen molar-refractivity contribution in [2.24, 2.45) is 5.92 Å². The molecule has 3 nitrogen and oxygen atoms in total. The minimum Gasteiger partial charge on any atom is -0.338 e. The van der Waals surface area contributed by atoms with E-state index in [1.807, 2.05) is 38.1 Å². The van der Waals surface area contributed by atoms with Crippen LogP contribution in [0.1, 0.15) is 19.4 Å². The van der Waals surface area contributed by atoms with Gasteiger partial charge in [-0.2, -0.15) is 0 Å². The average Bonchev–Trinajstić information content (AvgIpc) is 2.26. The summed E-state index contributed by atoms with van der Waals surface area (Å²) in [5, 5.41) is 6.06. The molecule has 1 rings (SSSR count). The van der Waals surface area contributed by atoms with Crippen LogP contribution in [0.3, 0.4) is 0 Å². The maximum Gasteiger partial charge on any atom is 0.318 e. The van der Waals surface area contributed by atoms with Crippen LogP contribution in [0.4, 0.5) is 4.79 Å². The molecule has 2 N–H and O–H groups in total. The molecule has 0 saturated carbocycles. The first-order valence-corrected chi connectivity index (χ1v) is 5.92. The molecule has 0 spiro atoms. The summed E-state index contributed by atoms with van der Waals surface area (Å²) in [6, 6.07) is 7.21. The van der Waals surface area contributed by atoms with Crippen molar-refractivity contribution in [3.8, 4) is 0 Å². The highest BCUT2D eigenvalue weighted by Gasteiger charge is 1.98. The van der Waals surface area contributed by atoms with E-state index < -0.39 is 0 Å². The number of amides is 2. The fourth-order valence-electron chi connectivity index (χ4n) is 1.17. The lowest BCUT2D eigenvalue weighted by Gasteiger charge is -2.06. The molecule has 0 aromatic heterocycles. The van der Waals surface area contributed by atoms with Gasteiger partial charge in [0.05, 0.1) is 0 Å². The molecule has 1 aromatic rings. The lowest BCUT2D eigenvalue weighted by Crippen LogP contribution is -2.34. The summed E-state index contributed by atoms with van der Waals surface area (Å²) in [6.07, 6.45) is 3.39. The van der Waals surface area contributed by atoms with E-state index in [1.54, 1.807) is 12.3 Å². The molecule has 2 amide bonds. The highest BCUT2D eigenvalue weighted by Crippen LogP contribution is 2.11. The summed E-state index contributed by atoms with van der Waals surface area (Å²) in [5.41, 5.74) is 0.946. The predicted molar refractivity (Wildman–Crippen MR) is 71.9 cm³/mol. The molecule has 0 fully saturated rings. The van der Waals surface area contributed by atoms with Gasteiger partial charge in [-0.05, 0) is 29.7 Å². The van der Waals surface area contributed by atoms with E-state index in [2.05, 4.69) is 10.6 Å². The van der Waals surface area contributed by atoms with Crippen LogP contribution < -0.4 is 10.6 Å². The molecule has 1 aromatic carbocycles. The van der Waals surface area contributed by atoms with Crippen LogP contribution in [0.5, 0.6) is 0 Å². The van der Waals surface area contributed by atoms with Gasteiger partial charge < -0.3 is 10.6 Å². The van der Waals surface area contributed by atoms with E-state index in [1.165, 1.54) is 0 Å². The molecule has 0 aliphatic rings. The number of halogens is 1. The summed E-state index contributed by atoms with van der Waals surface area (Å²) in [5.74, 6) is 0.442. The maximum atomic E-state index is 11.3. The number of rotatable bonds is 4. The Balaban J connectivity index is 2.37. The SMILES string of the molecule is CC(C)CNC(=O)N/C=C/c1cccc(Cl)c1. The van der Waals surface area contributed by atoms with Gasteiger partial charge in [0.2, 0.25) is 0 Å². The maximum absolute atomic E-state index is 11.3. The van der Waals surface area contributed by atoms with Gasteiger partial charge in [-0.15, -0.1) is 0 Å². The molecule has 0 bridgehead atoms. The first-order valence-electron chi connectivity index (χ1n) is 5.54. The molecule has 0 aliphatic carbocycles. The minimum absolute atomic E-state index is 0.197. The van der Waals surface area contributed by atoms with E-state index in [0.717, 1.165) is 5.56 Å². The summed E-state index contributed by atoms with van der Waals surface area (Å²) in [6.45, 7) is 4.75. The van der Waals surface area contributed by atoms with Crippen molar-refractivity contribution in [2.75, 3.05) is 6.54 Å². The van der Waals surface area contributed by atoms with Crippen molar-refractivity contribution >= 4 is 23.7 Å². The molecule has 0 unspecified atom stereocenters. The number of carbonyl (C=O) groups excluding carboxylic acids is 1. The number of hydrogen-bond acceptors (Lipinski definition) is 1. The fraction of sp³-hybridized carbons (Fsp3) is 0.308. The van der Waals surface area contributed by atoms with Gasteiger partial charge in [-0.25, -0.2) is 4.79 Å². The molecule has 0 heterocycles. The molecule has 92 valence electrons. The van der Waals surface area contributed by atoms with Gasteiger partial charge in [0.15, 0.2) is 0 Å². The zero-order valence-electron chi connectivity index (χ0n) is 10.0. The zero-order chi connectivity index (χ0) is 12.7. The smallest absolute Gasteiger partial charge is 0.318 e. The van der Waals surface area contributed by atoms with Gasteiger partial charge in [0.1, 0.15) is 0 Å². The van der Waals surface area contributed by atoms with Crippen LogP contribution in [-0.2, 0) is 0 Å². The van der Waals surface area contributed by atoms with Crippen LogP contribution in [-0.4, -0.2) is 12.6 Å². The molecule has 0 aliphatic heterocycles.